The molecule has 6 nitrogen and oxygen atoms in total. The summed E-state index contributed by atoms with van der Waals surface area (Å²) in [6, 6.07) is 10.2. The highest BCUT2D eigenvalue weighted by atomic mass is 16.5. The molecular weight excluding hydrogens is 322 g/mol. The van der Waals surface area contributed by atoms with E-state index in [9.17, 15) is 14.4 Å². The van der Waals surface area contributed by atoms with Gasteiger partial charge >= 0.3 is 11.6 Å². The smallest absolute Gasteiger partial charge is 0.342 e. The summed E-state index contributed by atoms with van der Waals surface area (Å²) in [6.45, 7) is 3.15. The summed E-state index contributed by atoms with van der Waals surface area (Å²) >= 11 is 0. The number of hydrogen-bond donors (Lipinski definition) is 1. The molecular formula is C19H19NO5. The molecule has 0 radical (unpaired) electrons. The highest BCUT2D eigenvalue weighted by Gasteiger charge is 2.32. The molecule has 1 fully saturated rings. The molecule has 1 aliphatic carbocycles. The van der Waals surface area contributed by atoms with Crippen molar-refractivity contribution in [3.8, 4) is 0 Å². The Morgan fingerprint density at radius 3 is 2.48 bits per heavy atom. The molecule has 25 heavy (non-hydrogen) atoms. The highest BCUT2D eigenvalue weighted by Crippen LogP contribution is 2.25. The van der Waals surface area contributed by atoms with Crippen molar-refractivity contribution in [3.63, 3.8) is 0 Å². The molecule has 1 amide bonds. The summed E-state index contributed by atoms with van der Waals surface area (Å²) in [7, 11) is 0. The Bertz CT molecular complexity index is 826. The maximum Gasteiger partial charge on any atom is 0.342 e. The maximum absolute atomic E-state index is 12.6. The number of esters is 1. The van der Waals surface area contributed by atoms with Crippen molar-refractivity contribution in [2.24, 2.45) is 0 Å². The maximum atomic E-state index is 12.6. The van der Waals surface area contributed by atoms with Gasteiger partial charge in [0.05, 0.1) is 0 Å². The van der Waals surface area contributed by atoms with Crippen molar-refractivity contribution in [2.75, 3.05) is 0 Å². The number of rotatable bonds is 5. The number of ether oxygens (including phenoxy) is 1. The average molecular weight is 341 g/mol. The zero-order valence-corrected chi connectivity index (χ0v) is 14.1. The summed E-state index contributed by atoms with van der Waals surface area (Å²) in [6.07, 6.45) is 0.812. The molecule has 1 aromatic carbocycles. The number of amides is 1. The molecule has 0 aliphatic heterocycles. The Kier molecular flexibility index (Phi) is 4.70. The first-order valence-corrected chi connectivity index (χ1v) is 8.13. The molecule has 1 aromatic heterocycles. The second kappa shape index (κ2) is 6.93. The molecule has 130 valence electrons. The van der Waals surface area contributed by atoms with Crippen LogP contribution in [0.15, 0.2) is 45.6 Å². The molecule has 1 heterocycles. The fraction of sp³-hybridized carbons (Fsp3) is 0.316. The zero-order valence-electron chi connectivity index (χ0n) is 14.1. The van der Waals surface area contributed by atoms with Crippen molar-refractivity contribution in [3.05, 3.63) is 69.3 Å². The topological polar surface area (TPSA) is 85.6 Å². The van der Waals surface area contributed by atoms with E-state index in [0.717, 1.165) is 12.8 Å². The number of aryl methyl sites for hydroxylation is 2. The van der Waals surface area contributed by atoms with Crippen LogP contribution < -0.4 is 10.9 Å². The molecule has 0 saturated heterocycles. The van der Waals surface area contributed by atoms with E-state index in [2.05, 4.69) is 5.32 Å². The fourth-order valence-electron chi connectivity index (χ4n) is 2.63. The molecule has 6 heteroatoms. The normalized spacial score (nSPS) is 14.6. The van der Waals surface area contributed by atoms with Gasteiger partial charge in [-0.05, 0) is 32.3 Å². The first-order chi connectivity index (χ1) is 12.0. The van der Waals surface area contributed by atoms with E-state index >= 15 is 0 Å². The summed E-state index contributed by atoms with van der Waals surface area (Å²) in [5, 5.41) is 2.86. The Labute approximate surface area is 144 Å². The fourth-order valence-corrected chi connectivity index (χ4v) is 2.63. The third-order valence-corrected chi connectivity index (χ3v) is 4.03. The van der Waals surface area contributed by atoms with Crippen molar-refractivity contribution in [1.82, 2.24) is 5.32 Å². The van der Waals surface area contributed by atoms with Crippen LogP contribution in [-0.4, -0.2) is 17.9 Å². The van der Waals surface area contributed by atoms with Crippen LogP contribution in [0.3, 0.4) is 0 Å². The lowest BCUT2D eigenvalue weighted by Gasteiger charge is -2.19. The Morgan fingerprint density at radius 1 is 1.20 bits per heavy atom. The van der Waals surface area contributed by atoms with E-state index in [1.807, 2.05) is 6.07 Å². The summed E-state index contributed by atoms with van der Waals surface area (Å²) in [4.78, 5) is 36.5. The van der Waals surface area contributed by atoms with E-state index in [1.54, 1.807) is 31.2 Å². The van der Waals surface area contributed by atoms with Gasteiger partial charge in [-0.1, -0.05) is 30.3 Å². The van der Waals surface area contributed by atoms with E-state index in [0.29, 0.717) is 11.1 Å². The Hall–Kier alpha value is -2.89. The second-order valence-corrected chi connectivity index (χ2v) is 6.16. The molecule has 3 rings (SSSR count). The first-order valence-electron chi connectivity index (χ1n) is 8.13. The van der Waals surface area contributed by atoms with Crippen LogP contribution in [0.2, 0.25) is 0 Å². The van der Waals surface area contributed by atoms with E-state index < -0.39 is 17.7 Å². The summed E-state index contributed by atoms with van der Waals surface area (Å²) in [5.74, 6) is -0.877. The SMILES string of the molecule is Cc1cc(=O)oc(C)c1C(=O)O[C@H](C(=O)NC1CC1)c1ccccc1. The predicted octanol–water partition coefficient (Wildman–Crippen LogP) is 2.43. The Morgan fingerprint density at radius 2 is 1.88 bits per heavy atom. The largest absolute Gasteiger partial charge is 0.444 e. The predicted molar refractivity (Wildman–Crippen MR) is 90.2 cm³/mol. The number of carbonyl (C=O) groups is 2. The van der Waals surface area contributed by atoms with Gasteiger partial charge in [-0.25, -0.2) is 9.59 Å². The van der Waals surface area contributed by atoms with Crippen LogP contribution in [0.4, 0.5) is 0 Å². The van der Waals surface area contributed by atoms with E-state index in [1.165, 1.54) is 13.0 Å². The second-order valence-electron chi connectivity index (χ2n) is 6.16. The molecule has 1 aliphatic rings. The minimum Gasteiger partial charge on any atom is -0.444 e. The van der Waals surface area contributed by atoms with Gasteiger partial charge in [-0.15, -0.1) is 0 Å². The van der Waals surface area contributed by atoms with Crippen LogP contribution >= 0.6 is 0 Å². The summed E-state index contributed by atoms with van der Waals surface area (Å²) < 4.78 is 10.5. The monoisotopic (exact) mass is 341 g/mol. The average Bonchev–Trinajstić information content (AvgIpc) is 3.36. The van der Waals surface area contributed by atoms with Gasteiger partial charge in [0.25, 0.3) is 5.91 Å². The minimum absolute atomic E-state index is 0.149. The highest BCUT2D eigenvalue weighted by molar-refractivity contribution is 5.94. The first kappa shape index (κ1) is 17.0. The van der Waals surface area contributed by atoms with Crippen molar-refractivity contribution in [1.29, 1.82) is 0 Å². The number of carbonyl (C=O) groups excluding carboxylic acids is 2. The number of benzene rings is 1. The third-order valence-electron chi connectivity index (χ3n) is 4.03. The van der Waals surface area contributed by atoms with Gasteiger partial charge in [0.15, 0.2) is 0 Å². The van der Waals surface area contributed by atoms with Gasteiger partial charge in [0.2, 0.25) is 6.10 Å². The van der Waals surface area contributed by atoms with Gasteiger partial charge in [0.1, 0.15) is 11.3 Å². The van der Waals surface area contributed by atoms with Gasteiger partial charge in [0, 0.05) is 17.7 Å². The molecule has 1 saturated carbocycles. The van der Waals surface area contributed by atoms with Crippen LogP contribution in [0, 0.1) is 13.8 Å². The molecule has 2 aromatic rings. The minimum atomic E-state index is -1.06. The lowest BCUT2D eigenvalue weighted by Crippen LogP contribution is -2.33. The van der Waals surface area contributed by atoms with Crippen LogP contribution in [0.5, 0.6) is 0 Å². The van der Waals surface area contributed by atoms with Gasteiger partial charge < -0.3 is 14.5 Å². The van der Waals surface area contributed by atoms with Gasteiger partial charge in [-0.3, -0.25) is 4.79 Å². The number of nitrogens with one attached hydrogen (secondary N) is 1. The van der Waals surface area contributed by atoms with Crippen molar-refractivity contribution >= 4 is 11.9 Å². The number of hydrogen-bond acceptors (Lipinski definition) is 5. The molecule has 0 spiro atoms. The van der Waals surface area contributed by atoms with E-state index in [-0.39, 0.29) is 23.3 Å². The molecule has 0 unspecified atom stereocenters. The van der Waals surface area contributed by atoms with Gasteiger partial charge in [-0.2, -0.15) is 0 Å². The molecule has 1 atom stereocenters. The zero-order chi connectivity index (χ0) is 18.0. The van der Waals surface area contributed by atoms with Crippen LogP contribution in [0.1, 0.15) is 46.2 Å². The lowest BCUT2D eigenvalue weighted by atomic mass is 10.1. The summed E-state index contributed by atoms with van der Waals surface area (Å²) in [5.41, 5.74) is 0.673. The molecule has 1 N–H and O–H groups in total. The third kappa shape index (κ3) is 3.96. The van der Waals surface area contributed by atoms with Crippen LogP contribution in [0.25, 0.3) is 0 Å². The molecule has 0 bridgehead atoms. The van der Waals surface area contributed by atoms with Crippen LogP contribution in [-0.2, 0) is 9.53 Å². The standard InChI is InChI=1S/C19H19NO5/c1-11-10-15(21)24-12(2)16(11)19(23)25-17(13-6-4-3-5-7-13)18(22)20-14-8-9-14/h3-7,10,14,17H,8-9H2,1-2H3,(H,20,22)/t17-/m0/s1. The lowest BCUT2D eigenvalue weighted by molar-refractivity contribution is -0.130. The quantitative estimate of drug-likeness (QED) is 0.844. The van der Waals surface area contributed by atoms with Crippen molar-refractivity contribution < 1.29 is 18.7 Å². The van der Waals surface area contributed by atoms with Crippen molar-refractivity contribution in [2.45, 2.75) is 38.8 Å². The van der Waals surface area contributed by atoms with E-state index in [4.69, 9.17) is 9.15 Å². The Balaban J connectivity index is 1.88.